The summed E-state index contributed by atoms with van der Waals surface area (Å²) < 4.78 is 28.4. The first-order chi connectivity index (χ1) is 8.00. The van der Waals surface area contributed by atoms with Gasteiger partial charge in [-0.05, 0) is 31.6 Å². The molecule has 0 spiro atoms. The largest absolute Gasteiger partial charge is 0.469 e. The predicted molar refractivity (Wildman–Crippen MR) is 61.0 cm³/mol. The number of carbonyl (C=O) groups is 1. The van der Waals surface area contributed by atoms with Gasteiger partial charge in [-0.3, -0.25) is 4.79 Å². The standard InChI is InChI=1S/C11H18O5S/c1-16-11(13)10(6-12)7-4-8-2-3-9(5-7)17(8,14)15/h7-10,12H,2-6H2,1H3. The highest BCUT2D eigenvalue weighted by atomic mass is 32.2. The van der Waals surface area contributed by atoms with Gasteiger partial charge in [0.2, 0.25) is 0 Å². The Morgan fingerprint density at radius 2 is 1.88 bits per heavy atom. The Balaban J connectivity index is 2.14. The fraction of sp³-hybridized carbons (Fsp3) is 0.909. The maximum atomic E-state index is 11.9. The second-order valence-electron chi connectivity index (χ2n) is 4.95. The van der Waals surface area contributed by atoms with Gasteiger partial charge in [0, 0.05) is 0 Å². The van der Waals surface area contributed by atoms with Crippen LogP contribution in [0.15, 0.2) is 0 Å². The van der Waals surface area contributed by atoms with Crippen molar-refractivity contribution < 1.29 is 23.1 Å². The van der Waals surface area contributed by atoms with Crippen LogP contribution in [0.3, 0.4) is 0 Å². The van der Waals surface area contributed by atoms with E-state index in [1.165, 1.54) is 7.11 Å². The van der Waals surface area contributed by atoms with E-state index >= 15 is 0 Å². The highest BCUT2D eigenvalue weighted by Crippen LogP contribution is 2.43. The van der Waals surface area contributed by atoms with Crippen LogP contribution in [0.25, 0.3) is 0 Å². The molecule has 0 radical (unpaired) electrons. The topological polar surface area (TPSA) is 80.7 Å². The van der Waals surface area contributed by atoms with Gasteiger partial charge in [-0.15, -0.1) is 0 Å². The van der Waals surface area contributed by atoms with Crippen LogP contribution in [0, 0.1) is 11.8 Å². The molecule has 5 nitrogen and oxygen atoms in total. The molecule has 3 atom stereocenters. The second kappa shape index (κ2) is 4.57. The van der Waals surface area contributed by atoms with Gasteiger partial charge in [-0.2, -0.15) is 0 Å². The molecule has 1 N–H and O–H groups in total. The Labute approximate surface area is 101 Å². The Bertz CT molecular complexity index is 382. The summed E-state index contributed by atoms with van der Waals surface area (Å²) in [4.78, 5) is 11.5. The Morgan fingerprint density at radius 1 is 1.35 bits per heavy atom. The van der Waals surface area contributed by atoms with Crippen molar-refractivity contribution in [1.29, 1.82) is 0 Å². The number of hydrogen-bond donors (Lipinski definition) is 1. The maximum Gasteiger partial charge on any atom is 0.311 e. The summed E-state index contributed by atoms with van der Waals surface area (Å²) in [5.41, 5.74) is 0. The Hall–Kier alpha value is -0.620. The minimum atomic E-state index is -2.97. The Kier molecular flexibility index (Phi) is 3.45. The molecule has 0 aromatic carbocycles. The molecule has 2 saturated heterocycles. The number of aliphatic hydroxyl groups excluding tert-OH is 1. The van der Waals surface area contributed by atoms with E-state index in [2.05, 4.69) is 4.74 Å². The first-order valence-electron chi connectivity index (χ1n) is 5.92. The highest BCUT2D eigenvalue weighted by Gasteiger charge is 2.49. The number of fused-ring (bicyclic) bond motifs is 2. The van der Waals surface area contributed by atoms with Crippen molar-refractivity contribution in [2.24, 2.45) is 11.8 Å². The van der Waals surface area contributed by atoms with E-state index in [-0.39, 0.29) is 23.0 Å². The summed E-state index contributed by atoms with van der Waals surface area (Å²) in [6.07, 6.45) is 2.37. The Morgan fingerprint density at radius 3 is 2.29 bits per heavy atom. The van der Waals surface area contributed by atoms with Crippen molar-refractivity contribution in [2.45, 2.75) is 36.2 Å². The molecule has 0 aromatic rings. The van der Waals surface area contributed by atoms with Crippen LogP contribution in [0.5, 0.6) is 0 Å². The van der Waals surface area contributed by atoms with Gasteiger partial charge in [0.25, 0.3) is 0 Å². The molecule has 2 rings (SSSR count). The zero-order chi connectivity index (χ0) is 12.6. The zero-order valence-corrected chi connectivity index (χ0v) is 10.6. The minimum Gasteiger partial charge on any atom is -0.469 e. The lowest BCUT2D eigenvalue weighted by atomic mass is 9.86. The van der Waals surface area contributed by atoms with Gasteiger partial charge in [-0.1, -0.05) is 0 Å². The predicted octanol–water partition coefficient (Wildman–Crippen LogP) is 0.124. The van der Waals surface area contributed by atoms with E-state index in [0.29, 0.717) is 25.7 Å². The highest BCUT2D eigenvalue weighted by molar-refractivity contribution is 7.93. The molecule has 0 aliphatic carbocycles. The molecule has 98 valence electrons. The number of hydrogen-bond acceptors (Lipinski definition) is 5. The van der Waals surface area contributed by atoms with Crippen LogP contribution in [-0.2, 0) is 19.4 Å². The smallest absolute Gasteiger partial charge is 0.311 e. The lowest BCUT2D eigenvalue weighted by Crippen LogP contribution is -2.39. The quantitative estimate of drug-likeness (QED) is 0.731. The molecule has 17 heavy (non-hydrogen) atoms. The maximum absolute atomic E-state index is 11.9. The van der Waals surface area contributed by atoms with Crippen molar-refractivity contribution in [3.8, 4) is 0 Å². The van der Waals surface area contributed by atoms with E-state index in [1.54, 1.807) is 0 Å². The van der Waals surface area contributed by atoms with Crippen molar-refractivity contribution in [1.82, 2.24) is 0 Å². The monoisotopic (exact) mass is 262 g/mol. The fourth-order valence-electron chi connectivity index (χ4n) is 3.14. The molecule has 2 bridgehead atoms. The third kappa shape index (κ3) is 2.08. The van der Waals surface area contributed by atoms with Crippen LogP contribution in [0.1, 0.15) is 25.7 Å². The third-order valence-electron chi connectivity index (χ3n) is 4.14. The average Bonchev–Trinajstić information content (AvgIpc) is 2.51. The summed E-state index contributed by atoms with van der Waals surface area (Å²) in [7, 11) is -1.68. The van der Waals surface area contributed by atoms with Gasteiger partial charge in [0.1, 0.15) is 0 Å². The van der Waals surface area contributed by atoms with Gasteiger partial charge in [0.05, 0.1) is 30.1 Å². The van der Waals surface area contributed by atoms with E-state index in [0.717, 1.165) is 0 Å². The van der Waals surface area contributed by atoms with Crippen molar-refractivity contribution in [3.05, 3.63) is 0 Å². The summed E-state index contributed by atoms with van der Waals surface area (Å²) in [6.45, 7) is -0.267. The van der Waals surface area contributed by atoms with Gasteiger partial charge in [0.15, 0.2) is 9.84 Å². The lowest BCUT2D eigenvalue weighted by molar-refractivity contribution is -0.149. The summed E-state index contributed by atoms with van der Waals surface area (Å²) in [5, 5.41) is 8.62. The molecule has 2 heterocycles. The number of carbonyl (C=O) groups excluding carboxylic acids is 1. The second-order valence-corrected chi connectivity index (χ2v) is 7.47. The van der Waals surface area contributed by atoms with Gasteiger partial charge in [-0.25, -0.2) is 8.42 Å². The molecular formula is C11H18O5S. The van der Waals surface area contributed by atoms with Crippen LogP contribution in [0.4, 0.5) is 0 Å². The van der Waals surface area contributed by atoms with E-state index in [9.17, 15) is 18.3 Å². The normalized spacial score (nSPS) is 36.5. The van der Waals surface area contributed by atoms with Crippen LogP contribution >= 0.6 is 0 Å². The molecule has 2 aliphatic rings. The number of rotatable bonds is 3. The number of esters is 1. The molecule has 0 saturated carbocycles. The fourth-order valence-corrected chi connectivity index (χ4v) is 5.65. The molecule has 0 aromatic heterocycles. The van der Waals surface area contributed by atoms with Crippen molar-refractivity contribution >= 4 is 15.8 Å². The van der Waals surface area contributed by atoms with Gasteiger partial charge >= 0.3 is 5.97 Å². The molecule has 2 fully saturated rings. The van der Waals surface area contributed by atoms with E-state index in [1.807, 2.05) is 0 Å². The molecular weight excluding hydrogens is 244 g/mol. The van der Waals surface area contributed by atoms with Crippen molar-refractivity contribution in [3.63, 3.8) is 0 Å². The molecule has 3 unspecified atom stereocenters. The molecule has 6 heteroatoms. The summed E-state index contributed by atoms with van der Waals surface area (Å²) in [6, 6.07) is 0. The van der Waals surface area contributed by atoms with Crippen LogP contribution in [0.2, 0.25) is 0 Å². The van der Waals surface area contributed by atoms with Crippen molar-refractivity contribution in [2.75, 3.05) is 13.7 Å². The molecule has 2 aliphatic heterocycles. The summed E-state index contributed by atoms with van der Waals surface area (Å²) >= 11 is 0. The number of methoxy groups -OCH3 is 1. The van der Waals surface area contributed by atoms with Crippen LogP contribution < -0.4 is 0 Å². The van der Waals surface area contributed by atoms with Gasteiger partial charge < -0.3 is 9.84 Å². The lowest BCUT2D eigenvalue weighted by Gasteiger charge is -2.31. The average molecular weight is 262 g/mol. The van der Waals surface area contributed by atoms with E-state index < -0.39 is 21.7 Å². The first kappa shape index (κ1) is 12.8. The third-order valence-corrected chi connectivity index (χ3v) is 6.86. The number of sulfone groups is 1. The minimum absolute atomic E-state index is 0.0616. The first-order valence-corrected chi connectivity index (χ1v) is 7.53. The SMILES string of the molecule is COC(=O)C(CO)C1CC2CCC(C1)S2(=O)=O. The molecule has 0 amide bonds. The number of ether oxygens (including phenoxy) is 1. The zero-order valence-electron chi connectivity index (χ0n) is 9.83. The van der Waals surface area contributed by atoms with Crippen LogP contribution in [-0.4, -0.2) is 43.7 Å². The van der Waals surface area contributed by atoms with E-state index in [4.69, 9.17) is 0 Å². The summed E-state index contributed by atoms with van der Waals surface area (Å²) in [5.74, 6) is -1.07. The number of aliphatic hydroxyl groups is 1.